The standard InChI is InChI=1S/C31H34N2O2Si2/c1-36(2,32-29-17-15-27(16-18-29)30(34)25-11-7-5-8-12-25)23-24-37(3,4)33-21-19-28(20-22-33)31(35)26-13-9-6-10-14-26/h5-22H,23-24H2,1-4H3/p+1. The van der Waals surface area contributed by atoms with Gasteiger partial charge in [-0.15, -0.1) is 0 Å². The molecule has 0 spiro atoms. The molecule has 0 radical (unpaired) electrons. The lowest BCUT2D eigenvalue weighted by atomic mass is 10.0. The number of nitrogens with zero attached hydrogens (tertiary/aromatic N) is 1. The van der Waals surface area contributed by atoms with E-state index in [1.54, 1.807) is 0 Å². The Morgan fingerprint density at radius 1 is 0.595 bits per heavy atom. The minimum atomic E-state index is -1.75. The average molecular weight is 524 g/mol. The predicted molar refractivity (Wildman–Crippen MR) is 156 cm³/mol. The van der Waals surface area contributed by atoms with Crippen LogP contribution in [0.4, 0.5) is 5.69 Å². The van der Waals surface area contributed by atoms with E-state index in [2.05, 4.69) is 47.8 Å². The monoisotopic (exact) mass is 523 g/mol. The Morgan fingerprint density at radius 2 is 1.03 bits per heavy atom. The van der Waals surface area contributed by atoms with Crippen LogP contribution >= 0.6 is 0 Å². The van der Waals surface area contributed by atoms with Crippen LogP contribution in [-0.4, -0.2) is 28.0 Å². The first-order valence-electron chi connectivity index (χ1n) is 12.7. The lowest BCUT2D eigenvalue weighted by Gasteiger charge is -2.27. The van der Waals surface area contributed by atoms with Gasteiger partial charge in [-0.25, -0.2) is 0 Å². The zero-order chi connectivity index (χ0) is 26.5. The van der Waals surface area contributed by atoms with Crippen molar-refractivity contribution in [1.82, 2.24) is 0 Å². The molecule has 4 nitrogen and oxygen atoms in total. The highest BCUT2D eigenvalue weighted by molar-refractivity contribution is 6.82. The summed E-state index contributed by atoms with van der Waals surface area (Å²) in [7, 11) is -3.49. The Balaban J connectivity index is 1.36. The van der Waals surface area contributed by atoms with E-state index in [1.165, 1.54) is 0 Å². The number of carbonyl (C=O) groups is 2. The van der Waals surface area contributed by atoms with E-state index in [1.807, 2.05) is 97.1 Å². The Labute approximate surface area is 222 Å². The second kappa shape index (κ2) is 11.2. The van der Waals surface area contributed by atoms with Gasteiger partial charge in [0, 0.05) is 46.1 Å². The fraction of sp³-hybridized carbons (Fsp3) is 0.194. The van der Waals surface area contributed by atoms with Crippen LogP contribution < -0.4 is 9.22 Å². The van der Waals surface area contributed by atoms with Gasteiger partial charge in [-0.3, -0.25) is 13.8 Å². The number of benzene rings is 3. The van der Waals surface area contributed by atoms with Crippen molar-refractivity contribution in [3.05, 3.63) is 132 Å². The van der Waals surface area contributed by atoms with Gasteiger partial charge in [0.1, 0.15) is 20.6 Å². The van der Waals surface area contributed by atoms with E-state index in [-0.39, 0.29) is 11.6 Å². The van der Waals surface area contributed by atoms with Gasteiger partial charge < -0.3 is 4.98 Å². The van der Waals surface area contributed by atoms with Crippen molar-refractivity contribution in [1.29, 1.82) is 0 Å². The van der Waals surface area contributed by atoms with Crippen LogP contribution in [0.15, 0.2) is 109 Å². The van der Waals surface area contributed by atoms with E-state index < -0.39 is 16.5 Å². The molecule has 6 heteroatoms. The maximum absolute atomic E-state index is 12.7. The summed E-state index contributed by atoms with van der Waals surface area (Å²) in [6.07, 6.45) is 4.15. The third-order valence-electron chi connectivity index (χ3n) is 6.85. The Kier molecular flexibility index (Phi) is 8.00. The molecule has 4 rings (SSSR count). The minimum Gasteiger partial charge on any atom is -0.411 e. The molecule has 0 amide bonds. The second-order valence-corrected chi connectivity index (χ2v) is 19.9. The molecular formula is C31H35N2O2Si2+. The smallest absolute Gasteiger partial charge is 0.357 e. The lowest BCUT2D eigenvalue weighted by Crippen LogP contribution is -2.60. The molecule has 0 bridgehead atoms. The van der Waals surface area contributed by atoms with Crippen LogP contribution in [0, 0.1) is 0 Å². The van der Waals surface area contributed by atoms with Gasteiger partial charge >= 0.3 is 8.24 Å². The summed E-state index contributed by atoms with van der Waals surface area (Å²) in [6.45, 7) is 9.46. The van der Waals surface area contributed by atoms with Gasteiger partial charge in [-0.1, -0.05) is 73.8 Å². The molecule has 1 aromatic heterocycles. The number of anilines is 1. The number of ketones is 2. The topological polar surface area (TPSA) is 50.0 Å². The van der Waals surface area contributed by atoms with E-state index in [0.29, 0.717) is 16.7 Å². The molecule has 0 saturated carbocycles. The fourth-order valence-corrected chi connectivity index (χ4v) is 11.6. The zero-order valence-corrected chi connectivity index (χ0v) is 24.1. The van der Waals surface area contributed by atoms with Gasteiger partial charge in [-0.05, 0) is 43.4 Å². The van der Waals surface area contributed by atoms with Crippen molar-refractivity contribution in [3.8, 4) is 0 Å². The molecule has 0 saturated heterocycles. The SMILES string of the molecule is C[Si](C)(CC[Si](C)(C)[n+]1ccc(C(=O)c2ccccc2)cc1)Nc1ccc(C(=O)c2ccccc2)cc1. The van der Waals surface area contributed by atoms with E-state index in [4.69, 9.17) is 0 Å². The van der Waals surface area contributed by atoms with Gasteiger partial charge in [0.25, 0.3) is 0 Å². The maximum Gasteiger partial charge on any atom is 0.357 e. The third kappa shape index (κ3) is 6.78. The maximum atomic E-state index is 12.7. The molecule has 0 atom stereocenters. The summed E-state index contributed by atoms with van der Waals surface area (Å²) < 4.78 is 2.34. The number of nitrogens with one attached hydrogen (secondary N) is 1. The fourth-order valence-electron chi connectivity index (χ4n) is 4.40. The molecule has 188 valence electrons. The number of pyridine rings is 1. The van der Waals surface area contributed by atoms with E-state index >= 15 is 0 Å². The molecule has 1 heterocycles. The van der Waals surface area contributed by atoms with Crippen LogP contribution in [0.3, 0.4) is 0 Å². The van der Waals surface area contributed by atoms with Gasteiger partial charge in [0.15, 0.2) is 11.6 Å². The van der Waals surface area contributed by atoms with Crippen molar-refractivity contribution < 1.29 is 13.8 Å². The number of aromatic nitrogens is 1. The van der Waals surface area contributed by atoms with Crippen molar-refractivity contribution in [2.75, 3.05) is 4.98 Å². The van der Waals surface area contributed by atoms with E-state index in [0.717, 1.165) is 23.3 Å². The molecule has 1 N–H and O–H groups in total. The summed E-state index contributed by atoms with van der Waals surface area (Å²) in [6, 6.07) is 32.8. The molecule has 0 aliphatic carbocycles. The van der Waals surface area contributed by atoms with Crippen molar-refractivity contribution in [2.45, 2.75) is 38.3 Å². The quantitative estimate of drug-likeness (QED) is 0.184. The Morgan fingerprint density at radius 3 is 1.51 bits per heavy atom. The average Bonchev–Trinajstić information content (AvgIpc) is 2.92. The largest absolute Gasteiger partial charge is 0.411 e. The summed E-state index contributed by atoms with van der Waals surface area (Å²) >= 11 is 0. The molecular weight excluding hydrogens is 489 g/mol. The summed E-state index contributed by atoms with van der Waals surface area (Å²) in [5.74, 6) is 0.103. The molecule has 4 aromatic rings. The molecule has 3 aromatic carbocycles. The molecule has 0 aliphatic heterocycles. The number of carbonyl (C=O) groups excluding carboxylic acids is 2. The number of rotatable bonds is 10. The van der Waals surface area contributed by atoms with Gasteiger partial charge in [0.2, 0.25) is 0 Å². The molecule has 37 heavy (non-hydrogen) atoms. The Bertz CT molecular complexity index is 1350. The van der Waals surface area contributed by atoms with Crippen LogP contribution in [0.1, 0.15) is 31.8 Å². The molecule has 0 unspecified atom stereocenters. The van der Waals surface area contributed by atoms with Crippen LogP contribution in [-0.2, 0) is 0 Å². The molecule has 0 aliphatic rings. The minimum absolute atomic E-state index is 0.0462. The highest BCUT2D eigenvalue weighted by Crippen LogP contribution is 2.22. The zero-order valence-electron chi connectivity index (χ0n) is 22.1. The highest BCUT2D eigenvalue weighted by atomic mass is 28.3. The van der Waals surface area contributed by atoms with Crippen LogP contribution in [0.5, 0.6) is 0 Å². The van der Waals surface area contributed by atoms with Crippen molar-refractivity contribution in [3.63, 3.8) is 0 Å². The first-order valence-corrected chi connectivity index (χ1v) is 19.1. The third-order valence-corrected chi connectivity index (χ3v) is 13.0. The second-order valence-electron chi connectivity index (χ2n) is 10.8. The van der Waals surface area contributed by atoms with E-state index in [9.17, 15) is 9.59 Å². The number of hydrogen-bond acceptors (Lipinski definition) is 3. The van der Waals surface area contributed by atoms with Crippen molar-refractivity contribution >= 4 is 33.7 Å². The number of hydrogen-bond donors (Lipinski definition) is 1. The normalized spacial score (nSPS) is 11.7. The first-order chi connectivity index (χ1) is 17.6. The Hall–Kier alpha value is -3.62. The predicted octanol–water partition coefficient (Wildman–Crippen LogP) is 6.81. The summed E-state index contributed by atoms with van der Waals surface area (Å²) in [5.41, 5.74) is 3.92. The molecule has 0 fully saturated rings. The van der Waals surface area contributed by atoms with Crippen LogP contribution in [0.25, 0.3) is 0 Å². The highest BCUT2D eigenvalue weighted by Gasteiger charge is 2.37. The van der Waals surface area contributed by atoms with Crippen LogP contribution in [0.2, 0.25) is 38.3 Å². The first kappa shape index (κ1) is 26.4. The van der Waals surface area contributed by atoms with Gasteiger partial charge in [-0.2, -0.15) is 0 Å². The lowest BCUT2D eigenvalue weighted by molar-refractivity contribution is -0.546. The summed E-state index contributed by atoms with van der Waals surface area (Å²) in [4.78, 5) is 29.2. The van der Waals surface area contributed by atoms with Crippen molar-refractivity contribution in [2.24, 2.45) is 0 Å². The van der Waals surface area contributed by atoms with Gasteiger partial charge in [0.05, 0.1) is 0 Å². The summed E-state index contributed by atoms with van der Waals surface area (Å²) in [5, 5.41) is 0.